The SMILES string of the molecule is COc1cc2c(cc1OC)[C@@H](C1C(=O)CC(C)(C)CC1=O)NCC2. The maximum Gasteiger partial charge on any atom is 0.161 e. The highest BCUT2D eigenvalue weighted by Gasteiger charge is 2.45. The summed E-state index contributed by atoms with van der Waals surface area (Å²) < 4.78 is 10.8. The van der Waals surface area contributed by atoms with Gasteiger partial charge < -0.3 is 14.8 Å². The van der Waals surface area contributed by atoms with Crippen LogP contribution < -0.4 is 14.8 Å². The summed E-state index contributed by atoms with van der Waals surface area (Å²) in [6.45, 7) is 4.71. The lowest BCUT2D eigenvalue weighted by atomic mass is 9.68. The summed E-state index contributed by atoms with van der Waals surface area (Å²) in [6.07, 6.45) is 1.74. The third-order valence-corrected chi connectivity index (χ3v) is 5.07. The molecule has 1 atom stereocenters. The van der Waals surface area contributed by atoms with Crippen molar-refractivity contribution in [3.8, 4) is 11.5 Å². The molecule has 5 heteroatoms. The first-order valence-corrected chi connectivity index (χ1v) is 8.40. The number of benzene rings is 1. The van der Waals surface area contributed by atoms with Crippen LogP contribution in [-0.2, 0) is 16.0 Å². The average Bonchev–Trinajstić information content (AvgIpc) is 2.51. The second-order valence-electron chi connectivity index (χ2n) is 7.52. The van der Waals surface area contributed by atoms with Gasteiger partial charge >= 0.3 is 0 Å². The van der Waals surface area contributed by atoms with E-state index in [2.05, 4.69) is 5.32 Å². The van der Waals surface area contributed by atoms with E-state index in [1.807, 2.05) is 26.0 Å². The Morgan fingerprint density at radius 1 is 1.04 bits per heavy atom. The van der Waals surface area contributed by atoms with E-state index in [1.165, 1.54) is 0 Å². The zero-order valence-corrected chi connectivity index (χ0v) is 14.8. The van der Waals surface area contributed by atoms with Gasteiger partial charge in [0.1, 0.15) is 11.6 Å². The molecule has 0 aromatic heterocycles. The van der Waals surface area contributed by atoms with Crippen molar-refractivity contribution in [1.82, 2.24) is 5.32 Å². The standard InChI is InChI=1S/C19H25NO4/c1-19(2)9-13(21)17(14(22)10-19)18-12-8-16(24-4)15(23-3)7-11(12)5-6-20-18/h7-8,17-18,20H,5-6,9-10H2,1-4H3/t18-/m0/s1. The van der Waals surface area contributed by atoms with Crippen LogP contribution in [-0.4, -0.2) is 32.3 Å². The molecule has 24 heavy (non-hydrogen) atoms. The first-order valence-electron chi connectivity index (χ1n) is 8.40. The quantitative estimate of drug-likeness (QED) is 0.862. The van der Waals surface area contributed by atoms with Crippen LogP contribution in [0.15, 0.2) is 12.1 Å². The molecule has 0 spiro atoms. The molecule has 2 aliphatic rings. The highest BCUT2D eigenvalue weighted by Crippen LogP contribution is 2.42. The van der Waals surface area contributed by atoms with E-state index >= 15 is 0 Å². The maximum absolute atomic E-state index is 12.7. The lowest BCUT2D eigenvalue weighted by molar-refractivity contribution is -0.141. The van der Waals surface area contributed by atoms with Gasteiger partial charge in [-0.15, -0.1) is 0 Å². The summed E-state index contributed by atoms with van der Waals surface area (Å²) in [5.74, 6) is 0.781. The molecule has 1 aliphatic heterocycles. The van der Waals surface area contributed by atoms with Gasteiger partial charge in [-0.1, -0.05) is 13.8 Å². The van der Waals surface area contributed by atoms with Crippen LogP contribution in [0.25, 0.3) is 0 Å². The van der Waals surface area contributed by atoms with Crippen molar-refractivity contribution < 1.29 is 19.1 Å². The minimum Gasteiger partial charge on any atom is -0.493 e. The molecular weight excluding hydrogens is 306 g/mol. The van der Waals surface area contributed by atoms with Gasteiger partial charge in [0.2, 0.25) is 0 Å². The highest BCUT2D eigenvalue weighted by atomic mass is 16.5. The van der Waals surface area contributed by atoms with Crippen LogP contribution in [0.5, 0.6) is 11.5 Å². The van der Waals surface area contributed by atoms with Gasteiger partial charge in [0.25, 0.3) is 0 Å². The van der Waals surface area contributed by atoms with Gasteiger partial charge in [0.15, 0.2) is 11.5 Å². The molecule has 1 aliphatic carbocycles. The van der Waals surface area contributed by atoms with Gasteiger partial charge in [-0.3, -0.25) is 9.59 Å². The molecule has 1 N–H and O–H groups in total. The number of Topliss-reactive ketones (excluding diaryl/α,β-unsaturated/α-hetero) is 2. The van der Waals surface area contributed by atoms with E-state index in [0.29, 0.717) is 24.3 Å². The molecule has 1 aromatic rings. The van der Waals surface area contributed by atoms with Crippen molar-refractivity contribution in [2.75, 3.05) is 20.8 Å². The fraction of sp³-hybridized carbons (Fsp3) is 0.579. The molecule has 1 aromatic carbocycles. The summed E-state index contributed by atoms with van der Waals surface area (Å²) in [4.78, 5) is 25.4. The van der Waals surface area contributed by atoms with E-state index in [9.17, 15) is 9.59 Å². The van der Waals surface area contributed by atoms with Crippen LogP contribution in [0, 0.1) is 11.3 Å². The van der Waals surface area contributed by atoms with Crippen molar-refractivity contribution in [3.05, 3.63) is 23.3 Å². The average molecular weight is 331 g/mol. The van der Waals surface area contributed by atoms with E-state index < -0.39 is 5.92 Å². The zero-order chi connectivity index (χ0) is 17.5. The van der Waals surface area contributed by atoms with Crippen molar-refractivity contribution in [1.29, 1.82) is 0 Å². The van der Waals surface area contributed by atoms with Crippen LogP contribution in [0.1, 0.15) is 43.9 Å². The molecule has 0 amide bonds. The highest BCUT2D eigenvalue weighted by molar-refractivity contribution is 6.06. The summed E-state index contributed by atoms with van der Waals surface area (Å²) >= 11 is 0. The van der Waals surface area contributed by atoms with Crippen molar-refractivity contribution >= 4 is 11.6 Å². The molecule has 3 rings (SSSR count). The summed E-state index contributed by atoms with van der Waals surface area (Å²) in [6, 6.07) is 3.60. The molecule has 0 bridgehead atoms. The van der Waals surface area contributed by atoms with E-state index in [1.54, 1.807) is 14.2 Å². The number of hydrogen-bond donors (Lipinski definition) is 1. The third kappa shape index (κ3) is 2.93. The largest absolute Gasteiger partial charge is 0.493 e. The van der Waals surface area contributed by atoms with Crippen LogP contribution in [0.4, 0.5) is 0 Å². The number of methoxy groups -OCH3 is 2. The van der Waals surface area contributed by atoms with Crippen LogP contribution in [0.2, 0.25) is 0 Å². The maximum atomic E-state index is 12.7. The number of ether oxygens (including phenoxy) is 2. The first kappa shape index (κ1) is 17.0. The van der Waals surface area contributed by atoms with Crippen molar-refractivity contribution in [3.63, 3.8) is 0 Å². The number of fused-ring (bicyclic) bond motifs is 1. The molecule has 1 fully saturated rings. The molecule has 1 heterocycles. The van der Waals surface area contributed by atoms with Crippen molar-refractivity contribution in [2.45, 2.75) is 39.2 Å². The van der Waals surface area contributed by atoms with Crippen molar-refractivity contribution in [2.24, 2.45) is 11.3 Å². The Morgan fingerprint density at radius 2 is 1.62 bits per heavy atom. The summed E-state index contributed by atoms with van der Waals surface area (Å²) in [5.41, 5.74) is 1.85. The molecule has 5 nitrogen and oxygen atoms in total. The van der Waals surface area contributed by atoms with E-state index in [-0.39, 0.29) is 23.0 Å². The van der Waals surface area contributed by atoms with Crippen LogP contribution in [0.3, 0.4) is 0 Å². The van der Waals surface area contributed by atoms with E-state index in [0.717, 1.165) is 24.1 Å². The predicted molar refractivity (Wildman–Crippen MR) is 90.5 cm³/mol. The van der Waals surface area contributed by atoms with Crippen LogP contribution >= 0.6 is 0 Å². The molecule has 0 saturated heterocycles. The summed E-state index contributed by atoms with van der Waals surface area (Å²) in [7, 11) is 3.20. The molecule has 0 unspecified atom stereocenters. The Bertz CT molecular complexity index is 660. The van der Waals surface area contributed by atoms with Gasteiger partial charge in [-0.05, 0) is 41.6 Å². The Morgan fingerprint density at radius 3 is 2.21 bits per heavy atom. The minimum absolute atomic E-state index is 0.0383. The lowest BCUT2D eigenvalue weighted by Gasteiger charge is -2.38. The number of hydrogen-bond acceptors (Lipinski definition) is 5. The second-order valence-corrected chi connectivity index (χ2v) is 7.52. The van der Waals surface area contributed by atoms with E-state index in [4.69, 9.17) is 9.47 Å². The third-order valence-electron chi connectivity index (χ3n) is 5.07. The fourth-order valence-corrected chi connectivity index (χ4v) is 3.99. The summed E-state index contributed by atoms with van der Waals surface area (Å²) in [5, 5.41) is 3.38. The molecule has 0 radical (unpaired) electrons. The normalized spacial score (nSPS) is 23.8. The fourth-order valence-electron chi connectivity index (χ4n) is 3.99. The number of rotatable bonds is 3. The number of carbonyl (C=O) groups excluding carboxylic acids is 2. The van der Waals surface area contributed by atoms with Gasteiger partial charge in [-0.2, -0.15) is 0 Å². The predicted octanol–water partition coefficient (Wildman–Crippen LogP) is 2.47. The van der Waals surface area contributed by atoms with Gasteiger partial charge in [-0.25, -0.2) is 0 Å². The lowest BCUT2D eigenvalue weighted by Crippen LogP contribution is -2.46. The smallest absolute Gasteiger partial charge is 0.161 e. The minimum atomic E-state index is -0.602. The molecular formula is C19H25NO4. The molecule has 1 saturated carbocycles. The number of nitrogens with one attached hydrogen (secondary N) is 1. The van der Waals surface area contributed by atoms with Gasteiger partial charge in [0.05, 0.1) is 20.1 Å². The number of carbonyl (C=O) groups is 2. The monoisotopic (exact) mass is 331 g/mol. The van der Waals surface area contributed by atoms with Gasteiger partial charge in [0, 0.05) is 18.9 Å². The Balaban J connectivity index is 2.00. The Hall–Kier alpha value is -1.88. The first-order chi connectivity index (χ1) is 11.4. The number of ketones is 2. The second kappa shape index (κ2) is 6.20. The zero-order valence-electron chi connectivity index (χ0n) is 14.8. The molecule has 130 valence electrons. The Kier molecular flexibility index (Phi) is 4.38. The Labute approximate surface area is 142 Å². The topological polar surface area (TPSA) is 64.6 Å².